The SMILES string of the molecule is Cc1[nH]nc(CN(Cc2nccn2C)C2CC2)c1Cl. The maximum Gasteiger partial charge on any atom is 0.122 e. The molecule has 1 saturated carbocycles. The molecule has 1 N–H and O–H groups in total. The van der Waals surface area contributed by atoms with Crippen LogP contribution in [0, 0.1) is 6.92 Å². The standard InChI is InChI=1S/C13H18ClN5/c1-9-13(14)11(17-16-9)7-19(10-3-4-10)8-12-15-5-6-18(12)2/h5-6,10H,3-4,7-8H2,1-2H3,(H,16,17). The maximum absolute atomic E-state index is 6.25. The largest absolute Gasteiger partial charge is 0.337 e. The summed E-state index contributed by atoms with van der Waals surface area (Å²) in [4.78, 5) is 6.80. The lowest BCUT2D eigenvalue weighted by Gasteiger charge is -2.20. The van der Waals surface area contributed by atoms with Crippen LogP contribution in [0.25, 0.3) is 0 Å². The summed E-state index contributed by atoms with van der Waals surface area (Å²) >= 11 is 6.25. The molecule has 0 spiro atoms. The summed E-state index contributed by atoms with van der Waals surface area (Å²) in [6.45, 7) is 3.57. The molecule has 0 amide bonds. The lowest BCUT2D eigenvalue weighted by atomic mass is 10.3. The second-order valence-corrected chi connectivity index (χ2v) is 5.58. The number of hydrogen-bond acceptors (Lipinski definition) is 3. The van der Waals surface area contributed by atoms with Gasteiger partial charge in [-0.15, -0.1) is 0 Å². The molecular weight excluding hydrogens is 262 g/mol. The topological polar surface area (TPSA) is 49.7 Å². The highest BCUT2D eigenvalue weighted by Gasteiger charge is 2.30. The maximum atomic E-state index is 6.25. The van der Waals surface area contributed by atoms with Crippen molar-refractivity contribution in [2.75, 3.05) is 0 Å². The van der Waals surface area contributed by atoms with E-state index in [2.05, 4.69) is 24.6 Å². The number of nitrogens with one attached hydrogen (secondary N) is 1. The van der Waals surface area contributed by atoms with Crippen LogP contribution in [0.2, 0.25) is 5.02 Å². The van der Waals surface area contributed by atoms with E-state index < -0.39 is 0 Å². The Morgan fingerprint density at radius 2 is 2.26 bits per heavy atom. The van der Waals surface area contributed by atoms with E-state index in [0.29, 0.717) is 6.04 Å². The van der Waals surface area contributed by atoms with Gasteiger partial charge >= 0.3 is 0 Å². The van der Waals surface area contributed by atoms with Crippen LogP contribution < -0.4 is 0 Å². The first-order chi connectivity index (χ1) is 9.15. The van der Waals surface area contributed by atoms with Gasteiger partial charge < -0.3 is 4.57 Å². The highest BCUT2D eigenvalue weighted by molar-refractivity contribution is 6.31. The molecule has 2 aromatic heterocycles. The molecule has 3 rings (SSSR count). The Bertz CT molecular complexity index is 569. The predicted octanol–water partition coefficient (Wildman–Crippen LogP) is 2.27. The van der Waals surface area contributed by atoms with Gasteiger partial charge in [-0.2, -0.15) is 5.10 Å². The molecule has 1 aliphatic carbocycles. The number of nitrogens with zero attached hydrogens (tertiary/aromatic N) is 4. The molecule has 19 heavy (non-hydrogen) atoms. The summed E-state index contributed by atoms with van der Waals surface area (Å²) in [5, 5.41) is 7.99. The van der Waals surface area contributed by atoms with Crippen molar-refractivity contribution < 1.29 is 0 Å². The zero-order valence-electron chi connectivity index (χ0n) is 11.2. The first kappa shape index (κ1) is 12.7. The minimum absolute atomic E-state index is 0.643. The van der Waals surface area contributed by atoms with Gasteiger partial charge in [0, 0.05) is 32.0 Å². The van der Waals surface area contributed by atoms with Crippen molar-refractivity contribution in [1.29, 1.82) is 0 Å². The molecule has 1 aliphatic rings. The number of halogens is 1. The summed E-state index contributed by atoms with van der Waals surface area (Å²) in [6.07, 6.45) is 6.33. The fourth-order valence-electron chi connectivity index (χ4n) is 2.25. The van der Waals surface area contributed by atoms with Gasteiger partial charge in [0.1, 0.15) is 5.82 Å². The van der Waals surface area contributed by atoms with Crippen molar-refractivity contribution in [3.8, 4) is 0 Å². The van der Waals surface area contributed by atoms with Crippen LogP contribution in [0.4, 0.5) is 0 Å². The molecule has 2 heterocycles. The monoisotopic (exact) mass is 279 g/mol. The van der Waals surface area contributed by atoms with Gasteiger partial charge in [-0.05, 0) is 19.8 Å². The third-order valence-corrected chi connectivity index (χ3v) is 4.12. The van der Waals surface area contributed by atoms with Crippen LogP contribution in [-0.4, -0.2) is 30.7 Å². The summed E-state index contributed by atoms with van der Waals surface area (Å²) in [7, 11) is 2.03. The molecule has 0 aromatic carbocycles. The molecule has 0 radical (unpaired) electrons. The van der Waals surface area contributed by atoms with Crippen LogP contribution >= 0.6 is 11.6 Å². The average molecular weight is 280 g/mol. The molecule has 6 heteroatoms. The van der Waals surface area contributed by atoms with Crippen molar-refractivity contribution in [2.24, 2.45) is 7.05 Å². The van der Waals surface area contributed by atoms with E-state index in [9.17, 15) is 0 Å². The van der Waals surface area contributed by atoms with Gasteiger partial charge in [-0.3, -0.25) is 10.00 Å². The highest BCUT2D eigenvalue weighted by atomic mass is 35.5. The first-order valence-electron chi connectivity index (χ1n) is 6.54. The molecule has 102 valence electrons. The molecule has 0 atom stereocenters. The van der Waals surface area contributed by atoms with Gasteiger partial charge in [0.05, 0.1) is 23.0 Å². The Morgan fingerprint density at radius 1 is 1.47 bits per heavy atom. The molecule has 1 fully saturated rings. The third-order valence-electron chi connectivity index (χ3n) is 3.62. The second-order valence-electron chi connectivity index (χ2n) is 5.20. The zero-order chi connectivity index (χ0) is 13.4. The van der Waals surface area contributed by atoms with E-state index in [0.717, 1.165) is 35.3 Å². The minimum Gasteiger partial charge on any atom is -0.337 e. The molecular formula is C13H18ClN5. The van der Waals surface area contributed by atoms with Crippen LogP contribution in [0.5, 0.6) is 0 Å². The Labute approximate surface area is 117 Å². The van der Waals surface area contributed by atoms with Crippen molar-refractivity contribution >= 4 is 11.6 Å². The normalized spacial score (nSPS) is 15.4. The molecule has 5 nitrogen and oxygen atoms in total. The van der Waals surface area contributed by atoms with Crippen LogP contribution in [-0.2, 0) is 20.1 Å². The quantitative estimate of drug-likeness (QED) is 0.913. The summed E-state index contributed by atoms with van der Waals surface area (Å²) in [5.74, 6) is 1.08. The first-order valence-corrected chi connectivity index (χ1v) is 6.92. The number of H-pyrrole nitrogens is 1. The fourth-order valence-corrected chi connectivity index (χ4v) is 2.39. The number of aryl methyl sites for hydroxylation is 2. The minimum atomic E-state index is 0.643. The van der Waals surface area contributed by atoms with Gasteiger partial charge in [0.15, 0.2) is 0 Å². The molecule has 0 bridgehead atoms. The van der Waals surface area contributed by atoms with E-state index in [1.165, 1.54) is 12.8 Å². The Balaban J connectivity index is 1.75. The van der Waals surface area contributed by atoms with Crippen molar-refractivity contribution in [3.05, 3.63) is 34.6 Å². The average Bonchev–Trinajstić information content (AvgIpc) is 3.10. The number of aromatic nitrogens is 4. The Kier molecular flexibility index (Phi) is 3.33. The Morgan fingerprint density at radius 3 is 2.79 bits per heavy atom. The van der Waals surface area contributed by atoms with Crippen molar-refractivity contribution in [1.82, 2.24) is 24.6 Å². The van der Waals surface area contributed by atoms with Crippen LogP contribution in [0.1, 0.15) is 30.1 Å². The zero-order valence-corrected chi connectivity index (χ0v) is 12.0. The molecule has 0 unspecified atom stereocenters. The van der Waals surface area contributed by atoms with Gasteiger partial charge in [-0.1, -0.05) is 11.6 Å². The van der Waals surface area contributed by atoms with Gasteiger partial charge in [0.25, 0.3) is 0 Å². The summed E-state index contributed by atoms with van der Waals surface area (Å²) in [5.41, 5.74) is 1.87. The molecule has 2 aromatic rings. The summed E-state index contributed by atoms with van der Waals surface area (Å²) in [6, 6.07) is 0.643. The number of aromatic amines is 1. The number of hydrogen-bond donors (Lipinski definition) is 1. The highest BCUT2D eigenvalue weighted by Crippen LogP contribution is 2.30. The van der Waals surface area contributed by atoms with E-state index in [1.807, 2.05) is 26.4 Å². The summed E-state index contributed by atoms with van der Waals surface area (Å²) < 4.78 is 2.06. The number of imidazole rings is 1. The fraction of sp³-hybridized carbons (Fsp3) is 0.538. The number of rotatable bonds is 5. The Hall–Kier alpha value is -1.33. The van der Waals surface area contributed by atoms with E-state index in [4.69, 9.17) is 11.6 Å². The second kappa shape index (κ2) is 4.98. The van der Waals surface area contributed by atoms with Crippen LogP contribution in [0.3, 0.4) is 0 Å². The molecule has 0 saturated heterocycles. The van der Waals surface area contributed by atoms with Gasteiger partial charge in [-0.25, -0.2) is 4.98 Å². The lowest BCUT2D eigenvalue weighted by Crippen LogP contribution is -2.26. The van der Waals surface area contributed by atoms with Crippen LogP contribution in [0.15, 0.2) is 12.4 Å². The third kappa shape index (κ3) is 2.67. The smallest absolute Gasteiger partial charge is 0.122 e. The van der Waals surface area contributed by atoms with Gasteiger partial charge in [0.2, 0.25) is 0 Å². The lowest BCUT2D eigenvalue weighted by molar-refractivity contribution is 0.234. The van der Waals surface area contributed by atoms with E-state index >= 15 is 0 Å². The van der Waals surface area contributed by atoms with E-state index in [1.54, 1.807) is 0 Å². The predicted molar refractivity (Wildman–Crippen MR) is 73.8 cm³/mol. The van der Waals surface area contributed by atoms with Crippen molar-refractivity contribution in [2.45, 2.75) is 38.9 Å². The van der Waals surface area contributed by atoms with E-state index in [-0.39, 0.29) is 0 Å². The molecule has 0 aliphatic heterocycles. The van der Waals surface area contributed by atoms with Crippen molar-refractivity contribution in [3.63, 3.8) is 0 Å².